The van der Waals surface area contributed by atoms with Crippen molar-refractivity contribution in [3.05, 3.63) is 18.2 Å². The second-order valence-electron chi connectivity index (χ2n) is 7.43. The van der Waals surface area contributed by atoms with E-state index >= 15 is 0 Å². The number of ether oxygens (including phenoxy) is 3. The number of carbonyl (C=O) groups excluding carboxylic acids is 2. The fourth-order valence-electron chi connectivity index (χ4n) is 3.42. The van der Waals surface area contributed by atoms with Crippen LogP contribution in [0.25, 0.3) is 0 Å². The van der Waals surface area contributed by atoms with Gasteiger partial charge >= 0.3 is 5.97 Å². The lowest BCUT2D eigenvalue weighted by atomic mass is 9.98. The third-order valence-corrected chi connectivity index (χ3v) is 7.12. The largest absolute Gasteiger partial charge is 0.486 e. The Morgan fingerprint density at radius 1 is 1.07 bits per heavy atom. The molecule has 0 unspecified atom stereocenters. The minimum Gasteiger partial charge on any atom is -0.486 e. The van der Waals surface area contributed by atoms with E-state index in [1.54, 1.807) is 6.07 Å². The van der Waals surface area contributed by atoms with Gasteiger partial charge in [-0.2, -0.15) is 4.31 Å². The second kappa shape index (κ2) is 8.19. The van der Waals surface area contributed by atoms with Crippen LogP contribution in [0.5, 0.6) is 11.5 Å². The van der Waals surface area contributed by atoms with Crippen LogP contribution in [0.2, 0.25) is 0 Å². The minimum absolute atomic E-state index is 0.138. The molecule has 2 aliphatic heterocycles. The zero-order valence-electron chi connectivity index (χ0n) is 16.0. The summed E-state index contributed by atoms with van der Waals surface area (Å²) in [6.45, 7) is 0.953. The van der Waals surface area contributed by atoms with Gasteiger partial charge in [0.05, 0.1) is 10.8 Å². The molecule has 2 fully saturated rings. The molecule has 9 nitrogen and oxygen atoms in total. The molecule has 0 spiro atoms. The number of hydrogen-bond acceptors (Lipinski definition) is 7. The molecule has 0 bridgehead atoms. The molecular formula is C19H24N2O7S. The number of fused-ring (bicyclic) bond motifs is 1. The maximum Gasteiger partial charge on any atom is 0.309 e. The van der Waals surface area contributed by atoms with Gasteiger partial charge in [0, 0.05) is 25.2 Å². The number of carbonyl (C=O) groups is 2. The average molecular weight is 424 g/mol. The van der Waals surface area contributed by atoms with Crippen molar-refractivity contribution in [2.75, 3.05) is 32.9 Å². The van der Waals surface area contributed by atoms with Crippen molar-refractivity contribution in [3.8, 4) is 11.5 Å². The molecule has 0 aromatic heterocycles. The zero-order valence-corrected chi connectivity index (χ0v) is 16.8. The standard InChI is InChI=1S/C19H24N2O7S/c22-18(20-14-1-2-14)12-28-19(23)13-5-7-21(8-6-13)29(24,25)15-3-4-16-17(11-15)27-10-9-26-16/h3-4,11,13-14H,1-2,5-10,12H2,(H,20,22). The molecule has 0 radical (unpaired) electrons. The highest BCUT2D eigenvalue weighted by molar-refractivity contribution is 7.89. The molecule has 1 aromatic rings. The van der Waals surface area contributed by atoms with Crippen molar-refractivity contribution in [1.82, 2.24) is 9.62 Å². The molecule has 0 atom stereocenters. The van der Waals surface area contributed by atoms with Gasteiger partial charge in [0.1, 0.15) is 13.2 Å². The third kappa shape index (κ3) is 4.64. The Balaban J connectivity index is 1.31. The number of rotatable bonds is 6. The molecule has 1 aromatic carbocycles. The number of hydrogen-bond donors (Lipinski definition) is 1. The molecule has 4 rings (SSSR count). The molecule has 1 N–H and O–H groups in total. The Kier molecular flexibility index (Phi) is 5.64. The van der Waals surface area contributed by atoms with Gasteiger partial charge in [0.2, 0.25) is 10.0 Å². The first kappa shape index (κ1) is 20.0. The van der Waals surface area contributed by atoms with E-state index in [1.165, 1.54) is 16.4 Å². The maximum absolute atomic E-state index is 12.9. The van der Waals surface area contributed by atoms with Crippen LogP contribution in [-0.4, -0.2) is 63.6 Å². The quantitative estimate of drug-likeness (QED) is 0.669. The SMILES string of the molecule is O=C(COC(=O)C1CCN(S(=O)(=O)c2ccc3c(c2)OCCO3)CC1)NC1CC1. The lowest BCUT2D eigenvalue weighted by Crippen LogP contribution is -2.41. The van der Waals surface area contributed by atoms with Crippen LogP contribution < -0.4 is 14.8 Å². The highest BCUT2D eigenvalue weighted by Gasteiger charge is 2.34. The fourth-order valence-corrected chi connectivity index (χ4v) is 4.90. The summed E-state index contributed by atoms with van der Waals surface area (Å²) >= 11 is 0. The Hall–Kier alpha value is -2.33. The first-order valence-electron chi connectivity index (χ1n) is 9.79. The summed E-state index contributed by atoms with van der Waals surface area (Å²) < 4.78 is 43.2. The molecule has 158 valence electrons. The van der Waals surface area contributed by atoms with Crippen LogP contribution >= 0.6 is 0 Å². The summed E-state index contributed by atoms with van der Waals surface area (Å²) in [4.78, 5) is 24.0. The summed E-state index contributed by atoms with van der Waals surface area (Å²) in [5.74, 6) is -0.204. The lowest BCUT2D eigenvalue weighted by molar-refractivity contribution is -0.153. The molecule has 10 heteroatoms. The van der Waals surface area contributed by atoms with Gasteiger partial charge in [-0.05, 0) is 37.8 Å². The van der Waals surface area contributed by atoms with Crippen molar-refractivity contribution < 1.29 is 32.2 Å². The number of esters is 1. The van der Waals surface area contributed by atoms with Crippen molar-refractivity contribution in [1.29, 1.82) is 0 Å². The van der Waals surface area contributed by atoms with Crippen LogP contribution in [0.1, 0.15) is 25.7 Å². The summed E-state index contributed by atoms with van der Waals surface area (Å²) in [6.07, 6.45) is 2.64. The van der Waals surface area contributed by atoms with Gasteiger partial charge in [-0.25, -0.2) is 8.42 Å². The lowest BCUT2D eigenvalue weighted by Gasteiger charge is -2.30. The molecule has 1 aliphatic carbocycles. The van der Waals surface area contributed by atoms with E-state index in [-0.39, 0.29) is 36.5 Å². The topological polar surface area (TPSA) is 111 Å². The number of benzene rings is 1. The fraction of sp³-hybridized carbons (Fsp3) is 0.579. The van der Waals surface area contributed by atoms with Gasteiger partial charge in [-0.15, -0.1) is 0 Å². The van der Waals surface area contributed by atoms with Crippen LogP contribution in [0.3, 0.4) is 0 Å². The van der Waals surface area contributed by atoms with E-state index < -0.39 is 21.9 Å². The van der Waals surface area contributed by atoms with Crippen molar-refractivity contribution >= 4 is 21.9 Å². The summed E-state index contributed by atoms with van der Waals surface area (Å²) in [5.41, 5.74) is 0. The van der Waals surface area contributed by atoms with E-state index in [1.807, 2.05) is 0 Å². The zero-order chi connectivity index (χ0) is 20.4. The Morgan fingerprint density at radius 3 is 2.45 bits per heavy atom. The normalized spacial score (nSPS) is 20.1. The van der Waals surface area contributed by atoms with Gasteiger partial charge in [-0.1, -0.05) is 0 Å². The van der Waals surface area contributed by atoms with Gasteiger partial charge < -0.3 is 19.5 Å². The smallest absolute Gasteiger partial charge is 0.309 e. The van der Waals surface area contributed by atoms with E-state index in [4.69, 9.17) is 14.2 Å². The van der Waals surface area contributed by atoms with Crippen LogP contribution in [0.15, 0.2) is 23.1 Å². The average Bonchev–Trinajstić information content (AvgIpc) is 3.55. The molecule has 29 heavy (non-hydrogen) atoms. The number of nitrogens with one attached hydrogen (secondary N) is 1. The third-order valence-electron chi connectivity index (χ3n) is 5.23. The van der Waals surface area contributed by atoms with E-state index in [2.05, 4.69) is 5.32 Å². The first-order chi connectivity index (χ1) is 13.9. The first-order valence-corrected chi connectivity index (χ1v) is 11.2. The van der Waals surface area contributed by atoms with Crippen LogP contribution in [0, 0.1) is 5.92 Å². The molecular weight excluding hydrogens is 400 g/mol. The Labute approximate surface area is 169 Å². The highest BCUT2D eigenvalue weighted by Crippen LogP contribution is 2.34. The summed E-state index contributed by atoms with van der Waals surface area (Å²) in [5, 5.41) is 2.76. The highest BCUT2D eigenvalue weighted by atomic mass is 32.2. The van der Waals surface area contributed by atoms with Gasteiger partial charge in [-0.3, -0.25) is 9.59 Å². The van der Waals surface area contributed by atoms with Gasteiger partial charge in [0.25, 0.3) is 5.91 Å². The predicted octanol–water partition coefficient (Wildman–Crippen LogP) is 0.680. The predicted molar refractivity (Wildman–Crippen MR) is 101 cm³/mol. The Morgan fingerprint density at radius 2 is 1.76 bits per heavy atom. The molecule has 1 saturated heterocycles. The van der Waals surface area contributed by atoms with E-state index in [9.17, 15) is 18.0 Å². The number of piperidine rings is 1. The molecule has 1 saturated carbocycles. The Bertz CT molecular complexity index is 890. The monoisotopic (exact) mass is 424 g/mol. The molecule has 2 heterocycles. The van der Waals surface area contributed by atoms with E-state index in [0.29, 0.717) is 37.6 Å². The second-order valence-corrected chi connectivity index (χ2v) is 9.37. The van der Waals surface area contributed by atoms with Crippen molar-refractivity contribution in [2.24, 2.45) is 5.92 Å². The molecule has 3 aliphatic rings. The van der Waals surface area contributed by atoms with Crippen LogP contribution in [-0.2, 0) is 24.3 Å². The minimum atomic E-state index is -3.70. The van der Waals surface area contributed by atoms with Crippen LogP contribution in [0.4, 0.5) is 0 Å². The number of nitrogens with zero attached hydrogens (tertiary/aromatic N) is 1. The van der Waals surface area contributed by atoms with E-state index in [0.717, 1.165) is 12.8 Å². The number of sulfonamides is 1. The van der Waals surface area contributed by atoms with Crippen molar-refractivity contribution in [3.63, 3.8) is 0 Å². The summed E-state index contributed by atoms with van der Waals surface area (Å²) in [7, 11) is -3.70. The molecule has 1 amide bonds. The van der Waals surface area contributed by atoms with Crippen molar-refractivity contribution in [2.45, 2.75) is 36.6 Å². The maximum atomic E-state index is 12.9. The summed E-state index contributed by atoms with van der Waals surface area (Å²) in [6, 6.07) is 4.79. The number of amides is 1. The van der Waals surface area contributed by atoms with Gasteiger partial charge in [0.15, 0.2) is 18.1 Å².